The van der Waals surface area contributed by atoms with Crippen molar-refractivity contribution < 1.29 is 0 Å². The van der Waals surface area contributed by atoms with Crippen molar-refractivity contribution in [2.75, 3.05) is 37.7 Å². The second-order valence-electron chi connectivity index (χ2n) is 6.49. The Morgan fingerprint density at radius 1 is 1.10 bits per heavy atom. The summed E-state index contributed by atoms with van der Waals surface area (Å²) in [6.45, 7) is 5.01. The van der Waals surface area contributed by atoms with Gasteiger partial charge in [0.05, 0.1) is 0 Å². The van der Waals surface area contributed by atoms with Gasteiger partial charge in [-0.3, -0.25) is 0 Å². The van der Waals surface area contributed by atoms with Crippen LogP contribution < -0.4 is 5.32 Å². The average molecular weight is 305 g/mol. The molecule has 2 heterocycles. The average Bonchev–Trinajstić information content (AvgIpc) is 3.06. The van der Waals surface area contributed by atoms with Gasteiger partial charge in [0.15, 0.2) is 0 Å². The first-order valence-electron chi connectivity index (χ1n) is 8.47. The number of piperidine rings is 1. The SMILES string of the molecule is c1ccc(CCN2CCC(NCC3CCSC3)CC2)cc1. The minimum Gasteiger partial charge on any atom is -0.314 e. The molecule has 1 unspecified atom stereocenters. The van der Waals surface area contributed by atoms with Crippen molar-refractivity contribution >= 4 is 11.8 Å². The summed E-state index contributed by atoms with van der Waals surface area (Å²) >= 11 is 2.13. The molecule has 0 bridgehead atoms. The van der Waals surface area contributed by atoms with E-state index in [4.69, 9.17) is 0 Å². The van der Waals surface area contributed by atoms with Crippen molar-refractivity contribution in [2.24, 2.45) is 5.92 Å². The van der Waals surface area contributed by atoms with Gasteiger partial charge in [-0.05, 0) is 68.3 Å². The van der Waals surface area contributed by atoms with Gasteiger partial charge in [-0.1, -0.05) is 30.3 Å². The number of likely N-dealkylation sites (tertiary alicyclic amines) is 1. The lowest BCUT2D eigenvalue weighted by Gasteiger charge is -2.33. The van der Waals surface area contributed by atoms with E-state index in [-0.39, 0.29) is 0 Å². The van der Waals surface area contributed by atoms with Crippen molar-refractivity contribution in [3.8, 4) is 0 Å². The van der Waals surface area contributed by atoms with E-state index in [0.29, 0.717) is 0 Å². The molecular formula is C18H28N2S. The van der Waals surface area contributed by atoms with Crippen molar-refractivity contribution in [3.05, 3.63) is 35.9 Å². The van der Waals surface area contributed by atoms with Crippen molar-refractivity contribution in [3.63, 3.8) is 0 Å². The molecule has 0 radical (unpaired) electrons. The molecule has 0 saturated carbocycles. The summed E-state index contributed by atoms with van der Waals surface area (Å²) in [6, 6.07) is 11.6. The molecular weight excluding hydrogens is 276 g/mol. The summed E-state index contributed by atoms with van der Waals surface area (Å²) in [5.74, 6) is 3.69. The normalized spacial score (nSPS) is 24.5. The molecule has 0 amide bonds. The van der Waals surface area contributed by atoms with E-state index in [9.17, 15) is 0 Å². The quantitative estimate of drug-likeness (QED) is 0.869. The maximum Gasteiger partial charge on any atom is 0.00915 e. The first kappa shape index (κ1) is 15.4. The smallest absolute Gasteiger partial charge is 0.00915 e. The molecule has 2 nitrogen and oxygen atoms in total. The fourth-order valence-electron chi connectivity index (χ4n) is 3.37. The molecule has 0 aliphatic carbocycles. The molecule has 1 N–H and O–H groups in total. The lowest BCUT2D eigenvalue weighted by molar-refractivity contribution is 0.197. The molecule has 116 valence electrons. The summed E-state index contributed by atoms with van der Waals surface area (Å²) in [6.07, 6.45) is 5.27. The third-order valence-electron chi connectivity index (χ3n) is 4.87. The molecule has 2 fully saturated rings. The van der Waals surface area contributed by atoms with Gasteiger partial charge < -0.3 is 10.2 Å². The summed E-state index contributed by atoms with van der Waals surface area (Å²) in [5.41, 5.74) is 1.47. The predicted octanol–water partition coefficient (Wildman–Crippen LogP) is 3.04. The van der Waals surface area contributed by atoms with Gasteiger partial charge in [-0.15, -0.1) is 0 Å². The van der Waals surface area contributed by atoms with Gasteiger partial charge in [0.25, 0.3) is 0 Å². The highest BCUT2D eigenvalue weighted by molar-refractivity contribution is 7.99. The number of thioether (sulfide) groups is 1. The number of hydrogen-bond acceptors (Lipinski definition) is 3. The second-order valence-corrected chi connectivity index (χ2v) is 7.64. The molecule has 3 rings (SSSR count). The van der Waals surface area contributed by atoms with E-state index in [1.807, 2.05) is 0 Å². The minimum absolute atomic E-state index is 0.767. The van der Waals surface area contributed by atoms with E-state index in [1.165, 1.54) is 68.9 Å². The maximum atomic E-state index is 3.82. The van der Waals surface area contributed by atoms with E-state index in [0.717, 1.165) is 12.0 Å². The molecule has 21 heavy (non-hydrogen) atoms. The van der Waals surface area contributed by atoms with Crippen LogP contribution in [0.3, 0.4) is 0 Å². The van der Waals surface area contributed by atoms with E-state index in [1.54, 1.807) is 0 Å². The molecule has 2 aliphatic rings. The summed E-state index contributed by atoms with van der Waals surface area (Å²) in [4.78, 5) is 2.64. The lowest BCUT2D eigenvalue weighted by Crippen LogP contribution is -2.44. The fraction of sp³-hybridized carbons (Fsp3) is 0.667. The summed E-state index contributed by atoms with van der Waals surface area (Å²) in [5, 5.41) is 3.82. The van der Waals surface area contributed by atoms with Crippen LogP contribution in [0.2, 0.25) is 0 Å². The number of hydrogen-bond donors (Lipinski definition) is 1. The van der Waals surface area contributed by atoms with Crippen molar-refractivity contribution in [2.45, 2.75) is 31.7 Å². The Morgan fingerprint density at radius 2 is 1.90 bits per heavy atom. The van der Waals surface area contributed by atoms with E-state index >= 15 is 0 Å². The molecule has 1 aromatic rings. The van der Waals surface area contributed by atoms with Crippen LogP contribution in [0.1, 0.15) is 24.8 Å². The molecule has 2 aliphatic heterocycles. The Hall–Kier alpha value is -0.510. The molecule has 3 heteroatoms. The number of nitrogens with zero attached hydrogens (tertiary/aromatic N) is 1. The Labute approximate surface area is 133 Å². The molecule has 1 atom stereocenters. The fourth-order valence-corrected chi connectivity index (χ4v) is 4.65. The van der Waals surface area contributed by atoms with Crippen LogP contribution in [0.15, 0.2) is 30.3 Å². The largest absolute Gasteiger partial charge is 0.314 e. The monoisotopic (exact) mass is 304 g/mol. The standard InChI is InChI=1S/C18H28N2S/c1-2-4-16(5-3-1)6-10-20-11-7-18(8-12-20)19-14-17-9-13-21-15-17/h1-5,17-19H,6-15H2. The lowest BCUT2D eigenvalue weighted by atomic mass is 10.0. The molecule has 0 aromatic heterocycles. The van der Waals surface area contributed by atoms with Gasteiger partial charge in [0, 0.05) is 12.6 Å². The number of benzene rings is 1. The van der Waals surface area contributed by atoms with Crippen LogP contribution in [0.5, 0.6) is 0 Å². The number of nitrogens with one attached hydrogen (secondary N) is 1. The summed E-state index contributed by atoms with van der Waals surface area (Å²) in [7, 11) is 0. The first-order valence-corrected chi connectivity index (χ1v) is 9.63. The Balaban J connectivity index is 1.31. The highest BCUT2D eigenvalue weighted by atomic mass is 32.2. The van der Waals surface area contributed by atoms with Crippen LogP contribution in [0.4, 0.5) is 0 Å². The van der Waals surface area contributed by atoms with Crippen molar-refractivity contribution in [1.29, 1.82) is 0 Å². The van der Waals surface area contributed by atoms with Crippen LogP contribution in [0.25, 0.3) is 0 Å². The highest BCUT2D eigenvalue weighted by Gasteiger charge is 2.21. The highest BCUT2D eigenvalue weighted by Crippen LogP contribution is 2.23. The zero-order chi connectivity index (χ0) is 14.3. The molecule has 1 aromatic carbocycles. The third-order valence-corrected chi connectivity index (χ3v) is 6.10. The second kappa shape index (κ2) is 8.21. The maximum absolute atomic E-state index is 3.82. The van der Waals surface area contributed by atoms with Gasteiger partial charge >= 0.3 is 0 Å². The zero-order valence-electron chi connectivity index (χ0n) is 13.0. The Kier molecular flexibility index (Phi) is 6.02. The Morgan fingerprint density at radius 3 is 2.62 bits per heavy atom. The van der Waals surface area contributed by atoms with E-state index in [2.05, 4.69) is 52.3 Å². The van der Waals surface area contributed by atoms with Gasteiger partial charge in [-0.25, -0.2) is 0 Å². The van der Waals surface area contributed by atoms with Crippen LogP contribution in [0, 0.1) is 5.92 Å². The van der Waals surface area contributed by atoms with Crippen LogP contribution in [-0.4, -0.2) is 48.6 Å². The third kappa shape index (κ3) is 5.01. The van der Waals surface area contributed by atoms with E-state index < -0.39 is 0 Å². The Bertz CT molecular complexity index is 395. The van der Waals surface area contributed by atoms with Crippen LogP contribution in [-0.2, 0) is 6.42 Å². The molecule has 2 saturated heterocycles. The van der Waals surface area contributed by atoms with Crippen LogP contribution >= 0.6 is 11.8 Å². The van der Waals surface area contributed by atoms with Gasteiger partial charge in [-0.2, -0.15) is 11.8 Å². The van der Waals surface area contributed by atoms with Crippen molar-refractivity contribution in [1.82, 2.24) is 10.2 Å². The summed E-state index contributed by atoms with van der Waals surface area (Å²) < 4.78 is 0. The number of rotatable bonds is 6. The van der Waals surface area contributed by atoms with Gasteiger partial charge in [0.1, 0.15) is 0 Å². The minimum atomic E-state index is 0.767. The molecule has 0 spiro atoms. The first-order chi connectivity index (χ1) is 10.4. The predicted molar refractivity (Wildman–Crippen MR) is 93.0 cm³/mol. The van der Waals surface area contributed by atoms with Gasteiger partial charge in [0.2, 0.25) is 0 Å². The topological polar surface area (TPSA) is 15.3 Å². The zero-order valence-corrected chi connectivity index (χ0v) is 13.8.